The number of halogens is 1. The average molecular weight is 437 g/mol. The van der Waals surface area contributed by atoms with Crippen LogP contribution in [0.3, 0.4) is 0 Å². The Labute approximate surface area is 183 Å². The smallest absolute Gasteiger partial charge is 0.282 e. The van der Waals surface area contributed by atoms with Gasteiger partial charge < -0.3 is 4.57 Å². The van der Waals surface area contributed by atoms with Gasteiger partial charge in [0, 0.05) is 32.5 Å². The number of nitrogens with zero attached hydrogens (tertiary/aromatic N) is 4. The highest BCUT2D eigenvalue weighted by Crippen LogP contribution is 2.33. The molecular weight excluding hydrogens is 416 g/mol. The minimum Gasteiger partial charge on any atom is -0.318 e. The standard InChI is InChI=1S/C23H21ClN4OS/c1-14-11-16(15(2)28(14)18-9-7-17(24)8-10-18)12-26-27-13-25-22-21(23(27)29)19-5-3-4-6-20(19)30-22/h7-13H,3-6H2,1-2H3. The molecule has 0 N–H and O–H groups in total. The third kappa shape index (κ3) is 3.20. The molecule has 0 amide bonds. The second-order valence-electron chi connectivity index (χ2n) is 7.67. The van der Waals surface area contributed by atoms with Crippen LogP contribution in [0.4, 0.5) is 0 Å². The maximum absolute atomic E-state index is 13.1. The van der Waals surface area contributed by atoms with Gasteiger partial charge in [-0.3, -0.25) is 4.79 Å². The molecule has 7 heteroatoms. The van der Waals surface area contributed by atoms with Gasteiger partial charge in [0.25, 0.3) is 5.56 Å². The lowest BCUT2D eigenvalue weighted by Crippen LogP contribution is -2.18. The van der Waals surface area contributed by atoms with Gasteiger partial charge in [0.1, 0.15) is 11.2 Å². The molecular formula is C23H21ClN4OS. The van der Waals surface area contributed by atoms with Gasteiger partial charge in [-0.1, -0.05) is 11.6 Å². The monoisotopic (exact) mass is 436 g/mol. The molecule has 0 aliphatic heterocycles. The van der Waals surface area contributed by atoms with Crippen molar-refractivity contribution in [1.82, 2.24) is 14.2 Å². The number of aryl methyl sites for hydroxylation is 3. The molecule has 0 saturated heterocycles. The number of aromatic nitrogens is 3. The van der Waals surface area contributed by atoms with Gasteiger partial charge in [-0.05, 0) is 75.4 Å². The summed E-state index contributed by atoms with van der Waals surface area (Å²) in [4.78, 5) is 19.7. The van der Waals surface area contributed by atoms with Crippen LogP contribution in [0.25, 0.3) is 15.9 Å². The SMILES string of the molecule is Cc1cc(C=Nn2cnc3sc4c(c3c2=O)CCCC4)c(C)n1-c1ccc(Cl)cc1. The number of rotatable bonds is 3. The van der Waals surface area contributed by atoms with Crippen molar-refractivity contribution in [3.05, 3.63) is 79.4 Å². The molecule has 0 radical (unpaired) electrons. The van der Waals surface area contributed by atoms with E-state index in [1.165, 1.54) is 27.9 Å². The predicted molar refractivity (Wildman–Crippen MR) is 124 cm³/mol. The largest absolute Gasteiger partial charge is 0.318 e. The van der Waals surface area contributed by atoms with Crippen LogP contribution in [0.5, 0.6) is 0 Å². The van der Waals surface area contributed by atoms with Crippen LogP contribution in [0, 0.1) is 13.8 Å². The zero-order valence-electron chi connectivity index (χ0n) is 16.9. The zero-order chi connectivity index (χ0) is 20.8. The van der Waals surface area contributed by atoms with Gasteiger partial charge in [0.15, 0.2) is 0 Å². The quantitative estimate of drug-likeness (QED) is 0.410. The van der Waals surface area contributed by atoms with Crippen molar-refractivity contribution in [3.8, 4) is 5.69 Å². The third-order valence-corrected chi connectivity index (χ3v) is 7.19. The zero-order valence-corrected chi connectivity index (χ0v) is 18.4. The average Bonchev–Trinajstić information content (AvgIpc) is 3.25. The van der Waals surface area contributed by atoms with E-state index in [0.717, 1.165) is 52.1 Å². The maximum atomic E-state index is 13.1. The Kier molecular flexibility index (Phi) is 4.83. The first kappa shape index (κ1) is 19.3. The van der Waals surface area contributed by atoms with E-state index in [4.69, 9.17) is 11.6 Å². The Bertz CT molecular complexity index is 1340. The fourth-order valence-corrected chi connectivity index (χ4v) is 5.60. The van der Waals surface area contributed by atoms with E-state index in [-0.39, 0.29) is 5.56 Å². The molecule has 0 unspecified atom stereocenters. The van der Waals surface area contributed by atoms with Crippen molar-refractivity contribution >= 4 is 39.4 Å². The number of thiophene rings is 1. The molecule has 1 aliphatic rings. The molecule has 0 saturated carbocycles. The van der Waals surface area contributed by atoms with Crippen LogP contribution in [-0.4, -0.2) is 20.4 Å². The van der Waals surface area contributed by atoms with E-state index in [2.05, 4.69) is 27.6 Å². The fourth-order valence-electron chi connectivity index (χ4n) is 4.25. The second kappa shape index (κ2) is 7.52. The number of benzene rings is 1. The summed E-state index contributed by atoms with van der Waals surface area (Å²) in [5.41, 5.74) is 5.24. The van der Waals surface area contributed by atoms with Crippen LogP contribution >= 0.6 is 22.9 Å². The summed E-state index contributed by atoms with van der Waals surface area (Å²) in [7, 11) is 0. The first-order valence-electron chi connectivity index (χ1n) is 10.0. The molecule has 5 rings (SSSR count). The molecule has 30 heavy (non-hydrogen) atoms. The Balaban J connectivity index is 1.54. The van der Waals surface area contributed by atoms with Crippen molar-refractivity contribution in [2.45, 2.75) is 39.5 Å². The lowest BCUT2D eigenvalue weighted by molar-refractivity contribution is 0.699. The van der Waals surface area contributed by atoms with Crippen LogP contribution in [0.2, 0.25) is 5.02 Å². The summed E-state index contributed by atoms with van der Waals surface area (Å²) in [6, 6.07) is 9.81. The molecule has 0 spiro atoms. The highest BCUT2D eigenvalue weighted by molar-refractivity contribution is 7.18. The Morgan fingerprint density at radius 1 is 1.17 bits per heavy atom. The fraction of sp³-hybridized carbons (Fsp3) is 0.261. The van der Waals surface area contributed by atoms with Crippen LogP contribution < -0.4 is 5.56 Å². The molecule has 0 fully saturated rings. The van der Waals surface area contributed by atoms with Crippen LogP contribution in [0.1, 0.15) is 40.2 Å². The van der Waals surface area contributed by atoms with Gasteiger partial charge >= 0.3 is 0 Å². The Morgan fingerprint density at radius 2 is 1.93 bits per heavy atom. The Morgan fingerprint density at radius 3 is 2.73 bits per heavy atom. The molecule has 5 nitrogen and oxygen atoms in total. The molecule has 0 atom stereocenters. The van der Waals surface area contributed by atoms with Gasteiger partial charge in [-0.2, -0.15) is 9.78 Å². The molecule has 1 aromatic carbocycles. The van der Waals surface area contributed by atoms with Crippen molar-refractivity contribution in [2.24, 2.45) is 5.10 Å². The van der Waals surface area contributed by atoms with Crippen molar-refractivity contribution < 1.29 is 0 Å². The molecule has 3 heterocycles. The topological polar surface area (TPSA) is 52.2 Å². The van der Waals surface area contributed by atoms with Crippen molar-refractivity contribution in [1.29, 1.82) is 0 Å². The van der Waals surface area contributed by atoms with Gasteiger partial charge in [0.05, 0.1) is 11.6 Å². The van der Waals surface area contributed by atoms with Gasteiger partial charge in [0.2, 0.25) is 0 Å². The lowest BCUT2D eigenvalue weighted by Gasteiger charge is -2.10. The summed E-state index contributed by atoms with van der Waals surface area (Å²) >= 11 is 7.68. The first-order chi connectivity index (χ1) is 14.5. The van der Waals surface area contributed by atoms with E-state index in [1.54, 1.807) is 17.6 Å². The lowest BCUT2D eigenvalue weighted by atomic mass is 9.97. The summed E-state index contributed by atoms with van der Waals surface area (Å²) in [6.07, 6.45) is 7.60. The van der Waals surface area contributed by atoms with E-state index in [9.17, 15) is 4.79 Å². The normalized spacial score (nSPS) is 14.0. The minimum atomic E-state index is -0.0813. The van der Waals surface area contributed by atoms with E-state index in [1.807, 2.05) is 31.2 Å². The molecule has 4 aromatic rings. The van der Waals surface area contributed by atoms with Gasteiger partial charge in [-0.15, -0.1) is 11.3 Å². The second-order valence-corrected chi connectivity index (χ2v) is 9.19. The first-order valence-corrected chi connectivity index (χ1v) is 11.2. The van der Waals surface area contributed by atoms with Crippen LogP contribution in [0.15, 0.2) is 46.6 Å². The molecule has 152 valence electrons. The number of hydrogen-bond acceptors (Lipinski definition) is 4. The summed E-state index contributed by atoms with van der Waals surface area (Å²) < 4.78 is 3.51. The number of fused-ring (bicyclic) bond motifs is 3. The molecule has 3 aromatic heterocycles. The molecule has 0 bridgehead atoms. The summed E-state index contributed by atoms with van der Waals surface area (Å²) in [5.74, 6) is 0. The van der Waals surface area contributed by atoms with Crippen molar-refractivity contribution in [2.75, 3.05) is 0 Å². The summed E-state index contributed by atoms with van der Waals surface area (Å²) in [5, 5.41) is 5.92. The van der Waals surface area contributed by atoms with E-state index in [0.29, 0.717) is 5.02 Å². The van der Waals surface area contributed by atoms with Gasteiger partial charge in [-0.25, -0.2) is 4.98 Å². The van der Waals surface area contributed by atoms with Crippen molar-refractivity contribution in [3.63, 3.8) is 0 Å². The van der Waals surface area contributed by atoms with E-state index >= 15 is 0 Å². The summed E-state index contributed by atoms with van der Waals surface area (Å²) in [6.45, 7) is 4.10. The minimum absolute atomic E-state index is 0.0813. The van der Waals surface area contributed by atoms with Crippen LogP contribution in [-0.2, 0) is 12.8 Å². The predicted octanol–water partition coefficient (Wildman–Crippen LogP) is 5.28. The Hall–Kier alpha value is -2.70. The highest BCUT2D eigenvalue weighted by atomic mass is 35.5. The number of hydrogen-bond donors (Lipinski definition) is 0. The van der Waals surface area contributed by atoms with E-state index < -0.39 is 0 Å². The maximum Gasteiger partial charge on any atom is 0.282 e. The highest BCUT2D eigenvalue weighted by Gasteiger charge is 2.20. The molecule has 1 aliphatic carbocycles. The third-order valence-electron chi connectivity index (χ3n) is 5.74.